The van der Waals surface area contributed by atoms with Crippen molar-refractivity contribution in [2.24, 2.45) is 11.8 Å². The molecule has 1 saturated heterocycles. The highest BCUT2D eigenvalue weighted by atomic mass is 35.5. The maximum atomic E-state index is 13.0. The van der Waals surface area contributed by atoms with Crippen molar-refractivity contribution in [2.75, 3.05) is 24.3 Å². The summed E-state index contributed by atoms with van der Waals surface area (Å²) in [7, 11) is -3.79. The van der Waals surface area contributed by atoms with Gasteiger partial charge in [0.05, 0.1) is 46.8 Å². The molecular formula is C30H41ClN6O4S. The van der Waals surface area contributed by atoms with Crippen LogP contribution in [-0.2, 0) is 21.3 Å². The number of amides is 1. The second-order valence-electron chi connectivity index (χ2n) is 12.0. The van der Waals surface area contributed by atoms with Gasteiger partial charge in [0.15, 0.2) is 0 Å². The molecule has 10 nitrogen and oxygen atoms in total. The lowest BCUT2D eigenvalue weighted by Crippen LogP contribution is -2.50. The van der Waals surface area contributed by atoms with Gasteiger partial charge in [-0.05, 0) is 50.2 Å². The van der Waals surface area contributed by atoms with Crippen molar-refractivity contribution in [3.63, 3.8) is 0 Å². The Balaban J connectivity index is 1.69. The van der Waals surface area contributed by atoms with E-state index in [4.69, 9.17) is 26.3 Å². The van der Waals surface area contributed by atoms with Crippen molar-refractivity contribution in [1.82, 2.24) is 24.2 Å². The number of nitrogens with one attached hydrogen (secondary N) is 1. The first-order chi connectivity index (χ1) is 20.0. The van der Waals surface area contributed by atoms with Gasteiger partial charge in [0, 0.05) is 31.0 Å². The van der Waals surface area contributed by atoms with E-state index < -0.39 is 15.9 Å². The summed E-state index contributed by atoms with van der Waals surface area (Å²) in [4.78, 5) is 29.5. The second-order valence-corrected chi connectivity index (χ2v) is 14.1. The fourth-order valence-corrected chi connectivity index (χ4v) is 6.86. The molecule has 1 N–H and O–H groups in total. The van der Waals surface area contributed by atoms with Crippen LogP contribution in [-0.4, -0.2) is 65.4 Å². The number of hydrogen-bond acceptors (Lipinski definition) is 8. The zero-order chi connectivity index (χ0) is 30.0. The number of pyridine rings is 2. The Labute approximate surface area is 253 Å². The molecule has 1 aliphatic heterocycles. The molecule has 0 aromatic carbocycles. The molecule has 0 radical (unpaired) electrons. The minimum Gasteiger partial charge on any atom is -0.374 e. The molecule has 1 amide bonds. The number of ether oxygens (including phenoxy) is 1. The number of nitrogens with zero attached hydrogens (tertiary/aromatic N) is 5. The van der Waals surface area contributed by atoms with E-state index >= 15 is 0 Å². The number of halogens is 1. The van der Waals surface area contributed by atoms with Gasteiger partial charge in [0.2, 0.25) is 16.0 Å². The molecule has 228 valence electrons. The average Bonchev–Trinajstić information content (AvgIpc) is 3.30. The van der Waals surface area contributed by atoms with Gasteiger partial charge in [0.25, 0.3) is 5.91 Å². The van der Waals surface area contributed by atoms with Crippen LogP contribution in [0, 0.1) is 11.8 Å². The first kappa shape index (κ1) is 30.7. The summed E-state index contributed by atoms with van der Waals surface area (Å²) in [5.41, 5.74) is 2.44. The molecule has 2 aliphatic rings. The highest BCUT2D eigenvalue weighted by Gasteiger charge is 2.34. The van der Waals surface area contributed by atoms with Crippen molar-refractivity contribution in [3.05, 3.63) is 35.2 Å². The summed E-state index contributed by atoms with van der Waals surface area (Å²) in [6, 6.07) is 3.44. The molecule has 2 atom stereocenters. The van der Waals surface area contributed by atoms with Crippen molar-refractivity contribution in [2.45, 2.75) is 84.4 Å². The molecule has 0 unspecified atom stereocenters. The fourth-order valence-electron chi connectivity index (χ4n) is 6.24. The monoisotopic (exact) mass is 616 g/mol. The quantitative estimate of drug-likeness (QED) is 0.337. The van der Waals surface area contributed by atoms with E-state index in [9.17, 15) is 13.2 Å². The summed E-state index contributed by atoms with van der Waals surface area (Å²) in [6.07, 6.45) is 12.1. The molecule has 4 heterocycles. The van der Waals surface area contributed by atoms with Crippen LogP contribution in [0.4, 0.5) is 5.95 Å². The standard InChI is InChI=1S/C30H41ClN6O4S/c1-5-6-7-26-20(3)36(12-13-41-26)30-34-24-15-25(29(38)35-42(4,39)40)33-27(22-14-23(31)17-32-16-22)28(24)37(30)18-21-10-8-19(2)9-11-21/h14-17,19-21,26H,5-13,18H2,1-4H3,(H,35,38)/t19?,20-,21?,26-/m1/s1. The van der Waals surface area contributed by atoms with Crippen LogP contribution in [0.2, 0.25) is 5.02 Å². The number of carbonyl (C=O) groups is 1. The Hall–Kier alpha value is -2.76. The first-order valence-electron chi connectivity index (χ1n) is 15.0. The Morgan fingerprint density at radius 1 is 1.14 bits per heavy atom. The van der Waals surface area contributed by atoms with Gasteiger partial charge in [0.1, 0.15) is 5.69 Å². The van der Waals surface area contributed by atoms with Crippen molar-refractivity contribution in [1.29, 1.82) is 0 Å². The minimum atomic E-state index is -3.79. The molecule has 5 rings (SSSR count). The Kier molecular flexibility index (Phi) is 9.39. The number of carbonyl (C=O) groups excluding carboxylic acids is 1. The Bertz CT molecular complexity index is 1540. The van der Waals surface area contributed by atoms with E-state index in [1.54, 1.807) is 24.5 Å². The minimum absolute atomic E-state index is 0.0403. The fraction of sp³-hybridized carbons (Fsp3) is 0.600. The van der Waals surface area contributed by atoms with E-state index in [1.165, 1.54) is 12.8 Å². The van der Waals surface area contributed by atoms with Crippen molar-refractivity contribution < 1.29 is 17.9 Å². The SMILES string of the molecule is CCCC[C@H]1OCCN(c2nc3cc(C(=O)NS(C)(=O)=O)nc(-c4cncc(Cl)c4)c3n2CC2CCC(C)CC2)[C@@H]1C. The van der Waals surface area contributed by atoms with Crippen LogP contribution in [0.25, 0.3) is 22.3 Å². The van der Waals surface area contributed by atoms with Gasteiger partial charge in [-0.2, -0.15) is 0 Å². The Morgan fingerprint density at radius 2 is 1.90 bits per heavy atom. The zero-order valence-electron chi connectivity index (χ0n) is 24.8. The molecule has 42 heavy (non-hydrogen) atoms. The summed E-state index contributed by atoms with van der Waals surface area (Å²) >= 11 is 6.35. The van der Waals surface area contributed by atoms with Crippen LogP contribution in [0.5, 0.6) is 0 Å². The molecule has 0 bridgehead atoms. The number of unbranched alkanes of at least 4 members (excludes halogenated alkanes) is 1. The third-order valence-corrected chi connectivity index (χ3v) is 9.33. The van der Waals surface area contributed by atoms with Crippen molar-refractivity contribution in [3.8, 4) is 11.3 Å². The highest BCUT2D eigenvalue weighted by molar-refractivity contribution is 7.89. The summed E-state index contributed by atoms with van der Waals surface area (Å²) in [6.45, 7) is 8.76. The third-order valence-electron chi connectivity index (χ3n) is 8.56. The molecule has 0 spiro atoms. The van der Waals surface area contributed by atoms with Gasteiger partial charge >= 0.3 is 0 Å². The number of hydrogen-bond donors (Lipinski definition) is 1. The third kappa shape index (κ3) is 6.89. The van der Waals surface area contributed by atoms with E-state index in [0.29, 0.717) is 40.9 Å². The second kappa shape index (κ2) is 12.9. The van der Waals surface area contributed by atoms with Crippen LogP contribution >= 0.6 is 11.6 Å². The molecule has 1 aliphatic carbocycles. The molecule has 2 fully saturated rings. The van der Waals surface area contributed by atoms with Crippen molar-refractivity contribution >= 4 is 44.5 Å². The number of sulfonamides is 1. The highest BCUT2D eigenvalue weighted by Crippen LogP contribution is 2.37. The van der Waals surface area contributed by atoms with E-state index in [1.807, 2.05) is 4.72 Å². The number of fused-ring (bicyclic) bond motifs is 1. The summed E-state index contributed by atoms with van der Waals surface area (Å²) in [5.74, 6) is 1.21. The predicted octanol–water partition coefficient (Wildman–Crippen LogP) is 5.45. The average molecular weight is 617 g/mol. The van der Waals surface area contributed by atoms with Gasteiger partial charge in [-0.3, -0.25) is 9.78 Å². The van der Waals surface area contributed by atoms with Gasteiger partial charge in [-0.25, -0.2) is 23.1 Å². The summed E-state index contributed by atoms with van der Waals surface area (Å²) < 4.78 is 34.3. The maximum Gasteiger partial charge on any atom is 0.283 e. The molecule has 1 saturated carbocycles. The van der Waals surface area contributed by atoms with Gasteiger partial charge < -0.3 is 14.2 Å². The van der Waals surface area contributed by atoms with Crippen LogP contribution < -0.4 is 9.62 Å². The maximum absolute atomic E-state index is 13.0. The molecule has 3 aromatic heterocycles. The molecule has 12 heteroatoms. The zero-order valence-corrected chi connectivity index (χ0v) is 26.4. The van der Waals surface area contributed by atoms with Crippen LogP contribution in [0.3, 0.4) is 0 Å². The first-order valence-corrected chi connectivity index (χ1v) is 17.2. The van der Waals surface area contributed by atoms with Crippen LogP contribution in [0.1, 0.15) is 76.2 Å². The van der Waals surface area contributed by atoms with E-state index in [0.717, 1.165) is 62.3 Å². The number of aromatic nitrogens is 4. The van der Waals surface area contributed by atoms with E-state index in [2.05, 4.69) is 35.2 Å². The molecular weight excluding hydrogens is 576 g/mol. The normalized spacial score (nSPS) is 23.3. The van der Waals surface area contributed by atoms with E-state index in [-0.39, 0.29) is 17.8 Å². The van der Waals surface area contributed by atoms with Gasteiger partial charge in [-0.1, -0.05) is 51.1 Å². The summed E-state index contributed by atoms with van der Waals surface area (Å²) in [5, 5.41) is 0.432. The topological polar surface area (TPSA) is 119 Å². The lowest BCUT2D eigenvalue weighted by Gasteiger charge is -2.40. The van der Waals surface area contributed by atoms with Crippen LogP contribution in [0.15, 0.2) is 24.5 Å². The largest absolute Gasteiger partial charge is 0.374 e. The number of imidazole rings is 1. The molecule has 3 aromatic rings. The lowest BCUT2D eigenvalue weighted by molar-refractivity contribution is 0.00865. The smallest absolute Gasteiger partial charge is 0.283 e. The number of rotatable bonds is 9. The number of anilines is 1. The predicted molar refractivity (Wildman–Crippen MR) is 165 cm³/mol. The Morgan fingerprint density at radius 3 is 2.60 bits per heavy atom. The van der Waals surface area contributed by atoms with Gasteiger partial charge in [-0.15, -0.1) is 0 Å². The lowest BCUT2D eigenvalue weighted by atomic mass is 9.83. The number of morpholine rings is 1.